The number of ether oxygens (including phenoxy) is 1. The molecule has 0 radical (unpaired) electrons. The lowest BCUT2D eigenvalue weighted by molar-refractivity contribution is -0.545. The number of halogens is 10. The minimum absolute atomic E-state index is 1.31. The van der Waals surface area contributed by atoms with Crippen molar-refractivity contribution in [1.29, 1.82) is 0 Å². The molecule has 1 unspecified atom stereocenters. The SMILES string of the molecule is FC(F)(F)C1(C(F)(F)F)OC(F)(Br)C1(F)F. The Balaban J connectivity index is 3.35. The van der Waals surface area contributed by atoms with Crippen LogP contribution in [0.3, 0.4) is 0 Å². The van der Waals surface area contributed by atoms with Crippen molar-refractivity contribution < 1.29 is 44.3 Å². The molecule has 0 bridgehead atoms. The van der Waals surface area contributed by atoms with Gasteiger partial charge in [-0.05, 0) is 15.9 Å². The summed E-state index contributed by atoms with van der Waals surface area (Å²) in [6, 6.07) is 0. The maximum Gasteiger partial charge on any atom is 0.433 e. The van der Waals surface area contributed by atoms with Gasteiger partial charge in [0.1, 0.15) is 0 Å². The van der Waals surface area contributed by atoms with E-state index in [-0.39, 0.29) is 0 Å². The molecule has 1 aliphatic rings. The van der Waals surface area contributed by atoms with Gasteiger partial charge < -0.3 is 4.74 Å². The fourth-order valence-corrected chi connectivity index (χ4v) is 1.63. The maximum absolute atomic E-state index is 12.6. The van der Waals surface area contributed by atoms with Crippen molar-refractivity contribution in [2.75, 3.05) is 0 Å². The molecule has 1 rings (SSSR count). The smallest absolute Gasteiger partial charge is 0.302 e. The minimum atomic E-state index is -6.50. The zero-order valence-electron chi connectivity index (χ0n) is 6.69. The van der Waals surface area contributed by atoms with Crippen molar-refractivity contribution in [2.45, 2.75) is 28.6 Å². The Morgan fingerprint density at radius 2 is 1.12 bits per heavy atom. The maximum atomic E-state index is 12.6. The van der Waals surface area contributed by atoms with Crippen molar-refractivity contribution in [2.24, 2.45) is 0 Å². The summed E-state index contributed by atoms with van der Waals surface area (Å²) < 4.78 is 108. The lowest BCUT2D eigenvalue weighted by Gasteiger charge is -2.54. The third kappa shape index (κ3) is 1.30. The molecule has 0 spiro atoms. The Hall–Kier alpha value is -0.190. The topological polar surface area (TPSA) is 9.23 Å². The van der Waals surface area contributed by atoms with Crippen molar-refractivity contribution in [3.8, 4) is 0 Å². The van der Waals surface area contributed by atoms with Crippen molar-refractivity contribution >= 4 is 15.9 Å². The Kier molecular flexibility index (Phi) is 2.58. The summed E-state index contributed by atoms with van der Waals surface area (Å²) in [5, 5.41) is 0. The zero-order valence-corrected chi connectivity index (χ0v) is 8.27. The van der Waals surface area contributed by atoms with Crippen molar-refractivity contribution in [3.63, 3.8) is 0 Å². The number of alkyl halides is 10. The van der Waals surface area contributed by atoms with Gasteiger partial charge in [0.15, 0.2) is 0 Å². The highest BCUT2D eigenvalue weighted by atomic mass is 79.9. The van der Waals surface area contributed by atoms with Crippen LogP contribution in [0.2, 0.25) is 0 Å². The summed E-state index contributed by atoms with van der Waals surface area (Å²) in [6.45, 7) is 0. The lowest BCUT2D eigenvalue weighted by atomic mass is 9.87. The molecular weight excluding hydrogens is 327 g/mol. The standard InChI is InChI=1S/C5BrF9O/c6-3(9)2(7,8)1(16-3,4(10,11)12)5(13,14)15. The van der Waals surface area contributed by atoms with E-state index in [1.165, 1.54) is 15.9 Å². The van der Waals surface area contributed by atoms with E-state index in [1.54, 1.807) is 0 Å². The van der Waals surface area contributed by atoms with Crippen LogP contribution in [0.15, 0.2) is 0 Å². The second-order valence-corrected chi connectivity index (χ2v) is 3.89. The number of hydrogen-bond acceptors (Lipinski definition) is 1. The molecule has 1 heterocycles. The van der Waals surface area contributed by atoms with Gasteiger partial charge >= 0.3 is 28.6 Å². The summed E-state index contributed by atoms with van der Waals surface area (Å²) in [7, 11) is 0. The van der Waals surface area contributed by atoms with Crippen molar-refractivity contribution in [1.82, 2.24) is 0 Å². The first-order chi connectivity index (χ1) is 6.71. The molecule has 0 amide bonds. The van der Waals surface area contributed by atoms with Crippen LogP contribution >= 0.6 is 15.9 Å². The quantitative estimate of drug-likeness (QED) is 0.489. The van der Waals surface area contributed by atoms with Crippen LogP contribution < -0.4 is 0 Å². The van der Waals surface area contributed by atoms with Crippen LogP contribution in [0.25, 0.3) is 0 Å². The first-order valence-corrected chi connectivity index (χ1v) is 4.09. The molecule has 0 aromatic rings. The molecule has 0 N–H and O–H groups in total. The molecule has 11 heteroatoms. The van der Waals surface area contributed by atoms with E-state index in [0.717, 1.165) is 0 Å². The molecule has 0 saturated carbocycles. The normalized spacial score (nSPS) is 33.4. The van der Waals surface area contributed by atoms with Gasteiger partial charge in [0, 0.05) is 0 Å². The molecule has 1 atom stereocenters. The number of hydrogen-bond donors (Lipinski definition) is 0. The molecule has 0 aromatic heterocycles. The van der Waals surface area contributed by atoms with E-state index in [1.807, 2.05) is 0 Å². The Morgan fingerprint density at radius 1 is 0.812 bits per heavy atom. The molecule has 1 fully saturated rings. The van der Waals surface area contributed by atoms with Gasteiger partial charge in [0.25, 0.3) is 0 Å². The first-order valence-electron chi connectivity index (χ1n) is 3.30. The fourth-order valence-electron chi connectivity index (χ4n) is 1.11. The zero-order chi connectivity index (χ0) is 13.2. The predicted octanol–water partition coefficient (Wildman–Crippen LogP) is 3.53. The Morgan fingerprint density at radius 3 is 1.19 bits per heavy atom. The van der Waals surface area contributed by atoms with E-state index < -0.39 is 28.6 Å². The van der Waals surface area contributed by atoms with Gasteiger partial charge in [-0.2, -0.15) is 39.5 Å². The summed E-state index contributed by atoms with van der Waals surface area (Å²) in [5.74, 6) is -5.82. The molecule has 96 valence electrons. The second-order valence-electron chi connectivity index (χ2n) is 2.87. The molecule has 0 aliphatic carbocycles. The van der Waals surface area contributed by atoms with E-state index in [4.69, 9.17) is 0 Å². The van der Waals surface area contributed by atoms with E-state index in [0.29, 0.717) is 0 Å². The van der Waals surface area contributed by atoms with Gasteiger partial charge in [0.05, 0.1) is 0 Å². The van der Waals surface area contributed by atoms with Crippen LogP contribution in [0.5, 0.6) is 0 Å². The van der Waals surface area contributed by atoms with Gasteiger partial charge in [-0.15, -0.1) is 0 Å². The highest BCUT2D eigenvalue weighted by Gasteiger charge is 2.98. The molecule has 1 aliphatic heterocycles. The van der Waals surface area contributed by atoms with Gasteiger partial charge in [-0.1, -0.05) is 0 Å². The van der Waals surface area contributed by atoms with Gasteiger partial charge in [-0.3, -0.25) is 0 Å². The second kappa shape index (κ2) is 2.98. The Labute approximate surface area is 89.7 Å². The minimum Gasteiger partial charge on any atom is -0.302 e. The third-order valence-corrected chi connectivity index (χ3v) is 2.55. The highest BCUT2D eigenvalue weighted by Crippen LogP contribution is 2.69. The third-order valence-electron chi connectivity index (χ3n) is 1.89. The first kappa shape index (κ1) is 13.9. The van der Waals surface area contributed by atoms with Crippen LogP contribution in [0.4, 0.5) is 39.5 Å². The Bertz CT molecular complexity index is 288. The summed E-state index contributed by atoms with van der Waals surface area (Å²) in [5.41, 5.74) is -5.83. The molecular formula is C5BrF9O. The van der Waals surface area contributed by atoms with Crippen LogP contribution in [0, 0.1) is 0 Å². The van der Waals surface area contributed by atoms with E-state index >= 15 is 0 Å². The van der Waals surface area contributed by atoms with Crippen molar-refractivity contribution in [3.05, 3.63) is 0 Å². The molecule has 1 saturated heterocycles. The van der Waals surface area contributed by atoms with Crippen LogP contribution in [-0.2, 0) is 4.74 Å². The summed E-state index contributed by atoms with van der Waals surface area (Å²) in [6.07, 6.45) is -13.0. The highest BCUT2D eigenvalue weighted by molar-refractivity contribution is 9.10. The average molecular weight is 327 g/mol. The van der Waals surface area contributed by atoms with Crippen LogP contribution in [0.1, 0.15) is 0 Å². The number of rotatable bonds is 0. The predicted molar refractivity (Wildman–Crippen MR) is 33.6 cm³/mol. The molecule has 0 aromatic carbocycles. The summed E-state index contributed by atoms with van der Waals surface area (Å²) in [4.78, 5) is 0. The van der Waals surface area contributed by atoms with E-state index in [2.05, 4.69) is 4.74 Å². The average Bonchev–Trinajstić information content (AvgIpc) is 1.94. The van der Waals surface area contributed by atoms with Gasteiger partial charge in [-0.25, -0.2) is 0 Å². The largest absolute Gasteiger partial charge is 0.433 e. The fraction of sp³-hybridized carbons (Fsp3) is 1.00. The van der Waals surface area contributed by atoms with E-state index in [9.17, 15) is 39.5 Å². The summed E-state index contributed by atoms with van der Waals surface area (Å²) >= 11 is 1.31. The molecule has 16 heavy (non-hydrogen) atoms. The monoisotopic (exact) mass is 326 g/mol. The molecule has 1 nitrogen and oxygen atoms in total. The van der Waals surface area contributed by atoms with Gasteiger partial charge in [0.2, 0.25) is 0 Å². The van der Waals surface area contributed by atoms with Crippen LogP contribution in [-0.4, -0.2) is 28.6 Å². The lowest BCUT2D eigenvalue weighted by Crippen LogP contribution is -2.84.